The molecule has 0 aliphatic heterocycles. The predicted molar refractivity (Wildman–Crippen MR) is 65.4 cm³/mol. The van der Waals surface area contributed by atoms with E-state index < -0.39 is 18.0 Å². The Labute approximate surface area is 112 Å². The molecule has 1 rings (SSSR count). The standard InChI is InChI=1S/C12H13BrF2O3/c1-3-18-11(17)12(14,15)10(16)8-5-4-7(2)9(13)6-8/h4-6,10,16H,3H2,1-2H3. The van der Waals surface area contributed by atoms with Crippen LogP contribution in [0.2, 0.25) is 0 Å². The number of ether oxygens (including phenoxy) is 1. The van der Waals surface area contributed by atoms with Crippen molar-refractivity contribution in [2.75, 3.05) is 6.61 Å². The van der Waals surface area contributed by atoms with E-state index in [-0.39, 0.29) is 12.2 Å². The molecule has 0 saturated carbocycles. The first-order valence-electron chi connectivity index (χ1n) is 5.29. The van der Waals surface area contributed by atoms with Gasteiger partial charge in [-0.05, 0) is 31.0 Å². The van der Waals surface area contributed by atoms with Gasteiger partial charge in [-0.25, -0.2) is 4.79 Å². The van der Waals surface area contributed by atoms with Crippen LogP contribution in [0.4, 0.5) is 8.78 Å². The number of hydrogen-bond donors (Lipinski definition) is 1. The maximum absolute atomic E-state index is 13.6. The third-order valence-electron chi connectivity index (χ3n) is 2.40. The summed E-state index contributed by atoms with van der Waals surface area (Å²) in [5, 5.41) is 9.59. The minimum Gasteiger partial charge on any atom is -0.461 e. The van der Waals surface area contributed by atoms with Gasteiger partial charge in [0.05, 0.1) is 6.61 Å². The van der Waals surface area contributed by atoms with Crippen molar-refractivity contribution in [3.63, 3.8) is 0 Å². The van der Waals surface area contributed by atoms with Crippen LogP contribution in [0.25, 0.3) is 0 Å². The van der Waals surface area contributed by atoms with Crippen LogP contribution in [0.5, 0.6) is 0 Å². The van der Waals surface area contributed by atoms with Gasteiger partial charge in [0.15, 0.2) is 6.10 Å². The maximum Gasteiger partial charge on any atom is 0.380 e. The molecular formula is C12H13BrF2O3. The highest BCUT2D eigenvalue weighted by Gasteiger charge is 2.49. The number of rotatable bonds is 4. The number of aliphatic hydroxyl groups excluding tert-OH is 1. The van der Waals surface area contributed by atoms with Crippen LogP contribution in [0.1, 0.15) is 24.2 Å². The topological polar surface area (TPSA) is 46.5 Å². The first-order valence-corrected chi connectivity index (χ1v) is 6.09. The highest BCUT2D eigenvalue weighted by Crippen LogP contribution is 2.34. The highest BCUT2D eigenvalue weighted by atomic mass is 79.9. The van der Waals surface area contributed by atoms with Crippen molar-refractivity contribution in [2.45, 2.75) is 25.9 Å². The summed E-state index contributed by atoms with van der Waals surface area (Å²) in [7, 11) is 0. The van der Waals surface area contributed by atoms with Crippen molar-refractivity contribution in [3.05, 3.63) is 33.8 Å². The number of halogens is 3. The minimum atomic E-state index is -3.97. The van der Waals surface area contributed by atoms with Gasteiger partial charge in [-0.15, -0.1) is 0 Å². The Bertz CT molecular complexity index is 449. The molecule has 0 heterocycles. The molecule has 1 N–H and O–H groups in total. The summed E-state index contributed by atoms with van der Waals surface area (Å²) in [5.41, 5.74) is 0.788. The lowest BCUT2D eigenvalue weighted by Crippen LogP contribution is -2.37. The van der Waals surface area contributed by atoms with Crippen LogP contribution in [0.15, 0.2) is 22.7 Å². The molecule has 0 spiro atoms. The normalized spacial score (nSPS) is 13.2. The van der Waals surface area contributed by atoms with E-state index in [4.69, 9.17) is 0 Å². The molecule has 0 amide bonds. The van der Waals surface area contributed by atoms with E-state index in [9.17, 15) is 18.7 Å². The minimum absolute atomic E-state index is 0.0504. The molecule has 1 aromatic rings. The second kappa shape index (κ2) is 5.75. The van der Waals surface area contributed by atoms with E-state index in [1.54, 1.807) is 13.0 Å². The molecule has 6 heteroatoms. The van der Waals surface area contributed by atoms with Crippen molar-refractivity contribution < 1.29 is 23.4 Å². The third-order valence-corrected chi connectivity index (χ3v) is 3.26. The first-order chi connectivity index (χ1) is 8.30. The van der Waals surface area contributed by atoms with Crippen molar-refractivity contribution in [1.82, 2.24) is 0 Å². The summed E-state index contributed by atoms with van der Waals surface area (Å²) >= 11 is 3.18. The average Bonchev–Trinajstić information content (AvgIpc) is 2.32. The van der Waals surface area contributed by atoms with E-state index in [0.717, 1.165) is 5.56 Å². The molecule has 0 aliphatic carbocycles. The average molecular weight is 323 g/mol. The first kappa shape index (κ1) is 15.0. The van der Waals surface area contributed by atoms with E-state index in [1.807, 2.05) is 0 Å². The number of benzene rings is 1. The molecule has 3 nitrogen and oxygen atoms in total. The van der Waals surface area contributed by atoms with E-state index in [1.165, 1.54) is 19.1 Å². The summed E-state index contributed by atoms with van der Waals surface area (Å²) < 4.78 is 32.0. The summed E-state index contributed by atoms with van der Waals surface area (Å²) in [6.07, 6.45) is -2.23. The van der Waals surface area contributed by atoms with Gasteiger partial charge in [-0.1, -0.05) is 28.1 Å². The Kier molecular flexibility index (Phi) is 4.81. The number of carbonyl (C=O) groups excluding carboxylic acids is 1. The molecule has 1 unspecified atom stereocenters. The van der Waals surface area contributed by atoms with Crippen LogP contribution in [0.3, 0.4) is 0 Å². The second-order valence-corrected chi connectivity index (χ2v) is 4.61. The number of aliphatic hydroxyl groups is 1. The Balaban J connectivity index is 3.01. The van der Waals surface area contributed by atoms with Crippen molar-refractivity contribution >= 4 is 21.9 Å². The molecule has 1 aromatic carbocycles. The molecule has 0 aromatic heterocycles. The van der Waals surface area contributed by atoms with E-state index in [0.29, 0.717) is 4.47 Å². The fourth-order valence-electron chi connectivity index (χ4n) is 1.33. The Morgan fingerprint density at radius 2 is 2.17 bits per heavy atom. The van der Waals surface area contributed by atoms with Gasteiger partial charge in [0, 0.05) is 4.47 Å². The van der Waals surface area contributed by atoms with Crippen molar-refractivity contribution in [2.24, 2.45) is 0 Å². The van der Waals surface area contributed by atoms with Crippen LogP contribution in [-0.4, -0.2) is 23.6 Å². The zero-order valence-electron chi connectivity index (χ0n) is 9.91. The zero-order chi connectivity index (χ0) is 13.9. The fraction of sp³-hybridized carbons (Fsp3) is 0.417. The van der Waals surface area contributed by atoms with Gasteiger partial charge < -0.3 is 9.84 Å². The van der Waals surface area contributed by atoms with Gasteiger partial charge in [-0.2, -0.15) is 8.78 Å². The Morgan fingerprint density at radius 3 is 2.67 bits per heavy atom. The van der Waals surface area contributed by atoms with Gasteiger partial charge >= 0.3 is 11.9 Å². The lowest BCUT2D eigenvalue weighted by Gasteiger charge is -2.21. The third kappa shape index (κ3) is 3.05. The number of hydrogen-bond acceptors (Lipinski definition) is 3. The molecule has 0 saturated heterocycles. The number of aryl methyl sites for hydroxylation is 1. The molecule has 0 aliphatic rings. The largest absolute Gasteiger partial charge is 0.461 e. The predicted octanol–water partition coefficient (Wildman–Crippen LogP) is 2.99. The zero-order valence-corrected chi connectivity index (χ0v) is 11.5. The maximum atomic E-state index is 13.6. The summed E-state index contributed by atoms with van der Waals surface area (Å²) in [4.78, 5) is 11.1. The van der Waals surface area contributed by atoms with Crippen LogP contribution in [-0.2, 0) is 9.53 Å². The van der Waals surface area contributed by atoms with Gasteiger partial charge in [0.25, 0.3) is 0 Å². The smallest absolute Gasteiger partial charge is 0.380 e. The lowest BCUT2D eigenvalue weighted by molar-refractivity contribution is -0.189. The van der Waals surface area contributed by atoms with Gasteiger partial charge in [0.1, 0.15) is 0 Å². The number of alkyl halides is 2. The fourth-order valence-corrected chi connectivity index (χ4v) is 1.72. The Morgan fingerprint density at radius 1 is 1.56 bits per heavy atom. The van der Waals surface area contributed by atoms with Gasteiger partial charge in [-0.3, -0.25) is 0 Å². The van der Waals surface area contributed by atoms with Crippen LogP contribution < -0.4 is 0 Å². The monoisotopic (exact) mass is 322 g/mol. The molecule has 0 fully saturated rings. The van der Waals surface area contributed by atoms with E-state index in [2.05, 4.69) is 20.7 Å². The van der Waals surface area contributed by atoms with Crippen molar-refractivity contribution in [3.8, 4) is 0 Å². The summed E-state index contributed by atoms with van der Waals surface area (Å²) in [6.45, 7) is 3.03. The Hall–Kier alpha value is -1.01. The molecule has 100 valence electrons. The van der Waals surface area contributed by atoms with Crippen LogP contribution in [0, 0.1) is 6.92 Å². The molecular weight excluding hydrogens is 310 g/mol. The van der Waals surface area contributed by atoms with Crippen molar-refractivity contribution in [1.29, 1.82) is 0 Å². The molecule has 18 heavy (non-hydrogen) atoms. The number of carbonyl (C=O) groups is 1. The number of esters is 1. The van der Waals surface area contributed by atoms with Gasteiger partial charge in [0.2, 0.25) is 0 Å². The van der Waals surface area contributed by atoms with Crippen LogP contribution >= 0.6 is 15.9 Å². The highest BCUT2D eigenvalue weighted by molar-refractivity contribution is 9.10. The summed E-state index contributed by atoms with van der Waals surface area (Å²) in [6, 6.07) is 4.27. The SMILES string of the molecule is CCOC(=O)C(F)(F)C(O)c1ccc(C)c(Br)c1. The van der Waals surface area contributed by atoms with E-state index >= 15 is 0 Å². The lowest BCUT2D eigenvalue weighted by atomic mass is 10.0. The molecule has 0 bridgehead atoms. The quantitative estimate of drug-likeness (QED) is 0.867. The molecule has 1 atom stereocenters. The summed E-state index contributed by atoms with van der Waals surface area (Å²) in [5.74, 6) is -5.70. The molecule has 0 radical (unpaired) electrons. The second-order valence-electron chi connectivity index (χ2n) is 3.75.